The third-order valence-electron chi connectivity index (χ3n) is 4.26. The number of halogens is 1. The van der Waals surface area contributed by atoms with Gasteiger partial charge in [-0.25, -0.2) is 27.2 Å². The maximum atomic E-state index is 13.1. The molecule has 2 N–H and O–H groups in total. The first-order valence-corrected chi connectivity index (χ1v) is 10.4. The summed E-state index contributed by atoms with van der Waals surface area (Å²) in [5, 5.41) is 6.89. The van der Waals surface area contributed by atoms with Gasteiger partial charge in [-0.15, -0.1) is 5.10 Å². The highest BCUT2D eigenvalue weighted by Gasteiger charge is 2.17. The average molecular weight is 417 g/mol. The summed E-state index contributed by atoms with van der Waals surface area (Å²) in [4.78, 5) is 16.6. The molecule has 8 nitrogen and oxygen atoms in total. The van der Waals surface area contributed by atoms with Gasteiger partial charge in [0.05, 0.1) is 11.4 Å². The van der Waals surface area contributed by atoms with E-state index < -0.39 is 15.9 Å². The molecule has 3 aromatic rings. The number of nitrogens with zero attached hydrogens (tertiary/aromatic N) is 3. The van der Waals surface area contributed by atoms with Gasteiger partial charge in [0.2, 0.25) is 15.8 Å². The standard InChI is InChI=1S/C19H20FN5O3S/c1-13-23-18(24-25(13)17-9-7-16(20)8-10-17)19(26)22-11-14-5-3-4-6-15(14)12-29(27,28)21-2/h3-10,21H,11-12H2,1-2H3,(H,22,26). The number of carbonyl (C=O) groups is 1. The average Bonchev–Trinajstić information content (AvgIpc) is 3.09. The number of aryl methyl sites for hydroxylation is 1. The summed E-state index contributed by atoms with van der Waals surface area (Å²) in [6, 6.07) is 12.6. The van der Waals surface area contributed by atoms with Crippen LogP contribution < -0.4 is 10.0 Å². The highest BCUT2D eigenvalue weighted by molar-refractivity contribution is 7.88. The van der Waals surface area contributed by atoms with Crippen LogP contribution in [0.25, 0.3) is 5.69 Å². The Balaban J connectivity index is 1.74. The van der Waals surface area contributed by atoms with Gasteiger partial charge >= 0.3 is 0 Å². The van der Waals surface area contributed by atoms with Crippen molar-refractivity contribution in [3.63, 3.8) is 0 Å². The molecular formula is C19H20FN5O3S. The molecule has 0 radical (unpaired) electrons. The van der Waals surface area contributed by atoms with Crippen LogP contribution in [0.2, 0.25) is 0 Å². The summed E-state index contributed by atoms with van der Waals surface area (Å²) in [5.41, 5.74) is 1.84. The predicted molar refractivity (Wildman–Crippen MR) is 105 cm³/mol. The lowest BCUT2D eigenvalue weighted by atomic mass is 10.1. The van der Waals surface area contributed by atoms with Crippen LogP contribution in [0.1, 0.15) is 27.6 Å². The van der Waals surface area contributed by atoms with E-state index in [4.69, 9.17) is 0 Å². The van der Waals surface area contributed by atoms with Crippen molar-refractivity contribution in [2.75, 3.05) is 7.05 Å². The molecule has 0 saturated heterocycles. The van der Waals surface area contributed by atoms with E-state index in [1.807, 2.05) is 0 Å². The molecule has 0 aliphatic heterocycles. The quantitative estimate of drug-likeness (QED) is 0.609. The Morgan fingerprint density at radius 1 is 1.10 bits per heavy atom. The molecule has 0 saturated carbocycles. The Labute approximate surface area is 167 Å². The van der Waals surface area contributed by atoms with Crippen LogP contribution in [0.4, 0.5) is 4.39 Å². The molecule has 0 spiro atoms. The molecule has 152 valence electrons. The van der Waals surface area contributed by atoms with Crippen LogP contribution in [0.15, 0.2) is 48.5 Å². The first-order chi connectivity index (χ1) is 13.8. The fourth-order valence-corrected chi connectivity index (χ4v) is 3.55. The van der Waals surface area contributed by atoms with Crippen molar-refractivity contribution in [2.24, 2.45) is 0 Å². The van der Waals surface area contributed by atoms with Gasteiger partial charge in [0, 0.05) is 6.54 Å². The molecule has 1 amide bonds. The van der Waals surface area contributed by atoms with E-state index in [-0.39, 0.29) is 23.9 Å². The topological polar surface area (TPSA) is 106 Å². The number of carbonyl (C=O) groups excluding carboxylic acids is 1. The number of hydrogen-bond donors (Lipinski definition) is 2. The molecule has 1 heterocycles. The zero-order chi connectivity index (χ0) is 21.0. The number of benzene rings is 2. The fraction of sp³-hybridized carbons (Fsp3) is 0.211. The summed E-state index contributed by atoms with van der Waals surface area (Å²) in [6.07, 6.45) is 0. The Bertz CT molecular complexity index is 1130. The second kappa shape index (κ2) is 8.50. The van der Waals surface area contributed by atoms with E-state index >= 15 is 0 Å². The van der Waals surface area contributed by atoms with Gasteiger partial charge in [-0.3, -0.25) is 4.79 Å². The normalized spacial score (nSPS) is 11.4. The van der Waals surface area contributed by atoms with Crippen LogP contribution in [0.5, 0.6) is 0 Å². The van der Waals surface area contributed by atoms with Gasteiger partial charge < -0.3 is 5.32 Å². The van der Waals surface area contributed by atoms with Crippen LogP contribution in [-0.4, -0.2) is 36.1 Å². The van der Waals surface area contributed by atoms with Gasteiger partial charge in [0.15, 0.2) is 0 Å². The summed E-state index contributed by atoms with van der Waals surface area (Å²) < 4.78 is 40.5. The van der Waals surface area contributed by atoms with Gasteiger partial charge in [-0.05, 0) is 49.4 Å². The maximum Gasteiger partial charge on any atom is 0.291 e. The van der Waals surface area contributed by atoms with E-state index in [2.05, 4.69) is 20.1 Å². The molecule has 0 atom stereocenters. The first-order valence-electron chi connectivity index (χ1n) is 8.75. The lowest BCUT2D eigenvalue weighted by Gasteiger charge is -2.10. The molecule has 3 rings (SSSR count). The summed E-state index contributed by atoms with van der Waals surface area (Å²) in [6.45, 7) is 1.81. The molecule has 0 fully saturated rings. The van der Waals surface area contributed by atoms with Crippen molar-refractivity contribution in [1.29, 1.82) is 0 Å². The zero-order valence-corrected chi connectivity index (χ0v) is 16.7. The number of hydrogen-bond acceptors (Lipinski definition) is 5. The Kier molecular flexibility index (Phi) is 6.04. The fourth-order valence-electron chi connectivity index (χ4n) is 2.72. The molecule has 0 aliphatic rings. The number of amides is 1. The third kappa shape index (κ3) is 5.04. The molecule has 0 bridgehead atoms. The number of sulfonamides is 1. The zero-order valence-electron chi connectivity index (χ0n) is 15.9. The van der Waals surface area contributed by atoms with E-state index in [0.29, 0.717) is 22.6 Å². The molecular weight excluding hydrogens is 397 g/mol. The first kappa shape index (κ1) is 20.6. The minimum atomic E-state index is -3.44. The van der Waals surface area contributed by atoms with Crippen molar-refractivity contribution in [3.05, 3.63) is 77.1 Å². The van der Waals surface area contributed by atoms with Gasteiger partial charge in [0.25, 0.3) is 5.91 Å². The smallest absolute Gasteiger partial charge is 0.291 e. The summed E-state index contributed by atoms with van der Waals surface area (Å²) in [7, 11) is -2.09. The van der Waals surface area contributed by atoms with Gasteiger partial charge in [-0.1, -0.05) is 24.3 Å². The minimum absolute atomic E-state index is 0.0350. The Morgan fingerprint density at radius 2 is 1.76 bits per heavy atom. The largest absolute Gasteiger partial charge is 0.345 e. The molecule has 1 aromatic heterocycles. The highest BCUT2D eigenvalue weighted by atomic mass is 32.2. The monoisotopic (exact) mass is 417 g/mol. The van der Waals surface area contributed by atoms with Crippen LogP contribution in [0.3, 0.4) is 0 Å². The second-order valence-electron chi connectivity index (χ2n) is 6.29. The van der Waals surface area contributed by atoms with E-state index in [1.165, 1.54) is 36.0 Å². The van der Waals surface area contributed by atoms with E-state index in [0.717, 1.165) is 0 Å². The minimum Gasteiger partial charge on any atom is -0.345 e. The Morgan fingerprint density at radius 3 is 2.41 bits per heavy atom. The van der Waals surface area contributed by atoms with Crippen molar-refractivity contribution in [3.8, 4) is 5.69 Å². The van der Waals surface area contributed by atoms with Crippen LogP contribution in [0, 0.1) is 12.7 Å². The maximum absolute atomic E-state index is 13.1. The lowest BCUT2D eigenvalue weighted by molar-refractivity contribution is 0.0940. The van der Waals surface area contributed by atoms with Crippen molar-refractivity contribution in [1.82, 2.24) is 24.8 Å². The lowest BCUT2D eigenvalue weighted by Crippen LogP contribution is -2.26. The number of rotatable bonds is 7. The number of aromatic nitrogens is 3. The second-order valence-corrected chi connectivity index (χ2v) is 8.21. The highest BCUT2D eigenvalue weighted by Crippen LogP contribution is 2.13. The Hall–Kier alpha value is -3.11. The predicted octanol–water partition coefficient (Wildman–Crippen LogP) is 1.69. The SMILES string of the molecule is CNS(=O)(=O)Cc1ccccc1CNC(=O)c1nc(C)n(-c2ccc(F)cc2)n1. The van der Waals surface area contributed by atoms with Crippen molar-refractivity contribution in [2.45, 2.75) is 19.2 Å². The molecule has 2 aromatic carbocycles. The summed E-state index contributed by atoms with van der Waals surface area (Å²) in [5.74, 6) is -0.621. The van der Waals surface area contributed by atoms with E-state index in [9.17, 15) is 17.6 Å². The van der Waals surface area contributed by atoms with Gasteiger partial charge in [-0.2, -0.15) is 0 Å². The van der Waals surface area contributed by atoms with E-state index in [1.54, 1.807) is 31.2 Å². The van der Waals surface area contributed by atoms with Gasteiger partial charge in [0.1, 0.15) is 11.6 Å². The van der Waals surface area contributed by atoms with Crippen molar-refractivity contribution < 1.29 is 17.6 Å². The molecule has 10 heteroatoms. The molecule has 0 unspecified atom stereocenters. The van der Waals surface area contributed by atoms with Crippen molar-refractivity contribution >= 4 is 15.9 Å². The van der Waals surface area contributed by atoms with Crippen LogP contribution in [-0.2, 0) is 22.3 Å². The summed E-state index contributed by atoms with van der Waals surface area (Å²) >= 11 is 0. The van der Waals surface area contributed by atoms with Crippen LogP contribution >= 0.6 is 0 Å². The number of nitrogens with one attached hydrogen (secondary N) is 2. The molecule has 0 aliphatic carbocycles. The molecule has 29 heavy (non-hydrogen) atoms. The third-order valence-corrected chi connectivity index (χ3v) is 5.57.